The Bertz CT molecular complexity index is 1070. The molecule has 6 nitrogen and oxygen atoms in total. The Morgan fingerprint density at radius 3 is 2.74 bits per heavy atom. The van der Waals surface area contributed by atoms with Gasteiger partial charge in [-0.1, -0.05) is 18.2 Å². The van der Waals surface area contributed by atoms with Crippen molar-refractivity contribution in [2.75, 3.05) is 19.0 Å². The molecule has 1 aromatic carbocycles. The van der Waals surface area contributed by atoms with E-state index in [4.69, 9.17) is 17.0 Å². The molecule has 1 amide bonds. The maximum atomic E-state index is 12.7. The first-order chi connectivity index (χ1) is 15.1. The van der Waals surface area contributed by atoms with Crippen LogP contribution in [0.3, 0.4) is 0 Å². The van der Waals surface area contributed by atoms with Gasteiger partial charge in [-0.3, -0.25) is 9.78 Å². The maximum Gasteiger partial charge on any atom is 0.226 e. The van der Waals surface area contributed by atoms with E-state index in [9.17, 15) is 4.79 Å². The minimum absolute atomic E-state index is 0.0137. The fourth-order valence-corrected chi connectivity index (χ4v) is 5.11. The Labute approximate surface area is 191 Å². The topological polar surface area (TPSA) is 66.5 Å². The number of pyridine rings is 1. The highest BCUT2D eigenvalue weighted by atomic mass is 32.1. The molecular weight excluding hydrogens is 428 g/mol. The number of benzene rings is 1. The van der Waals surface area contributed by atoms with E-state index in [1.165, 1.54) is 9.75 Å². The molecule has 0 bridgehead atoms. The molecule has 2 aromatic heterocycles. The lowest BCUT2D eigenvalue weighted by atomic mass is 10.0. The Hall–Kier alpha value is -2.97. The van der Waals surface area contributed by atoms with Gasteiger partial charge in [0.25, 0.3) is 0 Å². The molecule has 0 spiro atoms. The minimum atomic E-state index is -0.0882. The van der Waals surface area contributed by atoms with E-state index in [-0.39, 0.29) is 18.0 Å². The van der Waals surface area contributed by atoms with Gasteiger partial charge in [0.15, 0.2) is 5.11 Å². The molecule has 1 aliphatic rings. The number of amides is 1. The van der Waals surface area contributed by atoms with Crippen molar-refractivity contribution in [2.24, 2.45) is 0 Å². The molecule has 8 heteroatoms. The van der Waals surface area contributed by atoms with Crippen molar-refractivity contribution in [1.29, 1.82) is 0 Å². The second-order valence-electron chi connectivity index (χ2n) is 7.27. The third kappa shape index (κ3) is 4.70. The fourth-order valence-electron chi connectivity index (χ4n) is 3.75. The van der Waals surface area contributed by atoms with E-state index < -0.39 is 0 Å². The minimum Gasteiger partial charge on any atom is -0.495 e. The summed E-state index contributed by atoms with van der Waals surface area (Å²) in [6.45, 7) is 2.59. The number of ether oxygens (including phenoxy) is 1. The summed E-state index contributed by atoms with van der Waals surface area (Å²) in [6, 6.07) is 17.4. The van der Waals surface area contributed by atoms with E-state index >= 15 is 0 Å². The van der Waals surface area contributed by atoms with Crippen LogP contribution in [-0.4, -0.2) is 34.6 Å². The number of carbonyl (C=O) groups is 1. The highest BCUT2D eigenvalue weighted by Crippen LogP contribution is 2.41. The fraction of sp³-hybridized carbons (Fsp3) is 0.261. The zero-order chi connectivity index (χ0) is 21.8. The van der Waals surface area contributed by atoms with Crippen LogP contribution in [0.4, 0.5) is 5.69 Å². The molecule has 160 valence electrons. The average molecular weight is 453 g/mol. The van der Waals surface area contributed by atoms with Crippen molar-refractivity contribution < 1.29 is 9.53 Å². The summed E-state index contributed by atoms with van der Waals surface area (Å²) in [5, 5.41) is 6.99. The molecular formula is C23H24N4O2S2. The van der Waals surface area contributed by atoms with Crippen LogP contribution in [-0.2, 0) is 4.79 Å². The van der Waals surface area contributed by atoms with Crippen molar-refractivity contribution in [3.63, 3.8) is 0 Å². The average Bonchev–Trinajstić information content (AvgIpc) is 3.35. The molecule has 1 fully saturated rings. The molecule has 0 aliphatic carbocycles. The summed E-state index contributed by atoms with van der Waals surface area (Å²) in [4.78, 5) is 21.8. The third-order valence-corrected chi connectivity index (χ3v) is 6.63. The van der Waals surface area contributed by atoms with E-state index in [0.29, 0.717) is 29.5 Å². The van der Waals surface area contributed by atoms with Gasteiger partial charge in [-0.05, 0) is 55.5 Å². The normalized spacial score (nSPS) is 18.0. The Balaban J connectivity index is 1.52. The van der Waals surface area contributed by atoms with Crippen LogP contribution in [0.25, 0.3) is 0 Å². The van der Waals surface area contributed by atoms with Gasteiger partial charge in [0.05, 0.1) is 30.6 Å². The van der Waals surface area contributed by atoms with Crippen molar-refractivity contribution in [3.05, 3.63) is 76.2 Å². The predicted octanol–water partition coefficient (Wildman–Crippen LogP) is 4.46. The number of para-hydroxylation sites is 2. The van der Waals surface area contributed by atoms with Crippen LogP contribution < -0.4 is 15.4 Å². The standard InChI is InChI=1S/C23H24N4O2S2/c1-15-10-11-19(31-15)22-21(17-8-5-6-13-24-17)26-23(30)27(22)14-12-20(28)25-16-7-3-4-9-18(16)29-2/h3-11,13,21-22H,12,14H2,1-2H3,(H,25,28)(H,26,30)/t21-,22-/m0/s1. The van der Waals surface area contributed by atoms with Gasteiger partial charge in [0.1, 0.15) is 5.75 Å². The monoisotopic (exact) mass is 452 g/mol. The molecule has 0 unspecified atom stereocenters. The van der Waals surface area contributed by atoms with Crippen LogP contribution >= 0.6 is 23.6 Å². The second kappa shape index (κ2) is 9.45. The summed E-state index contributed by atoms with van der Waals surface area (Å²) < 4.78 is 5.32. The zero-order valence-corrected chi connectivity index (χ0v) is 19.0. The molecule has 3 heterocycles. The number of hydrogen-bond donors (Lipinski definition) is 2. The SMILES string of the molecule is COc1ccccc1NC(=O)CCN1C(=S)N[C@@H](c2ccccn2)[C@@H]1c1ccc(C)s1. The smallest absolute Gasteiger partial charge is 0.226 e. The summed E-state index contributed by atoms with van der Waals surface area (Å²) in [7, 11) is 1.59. The highest BCUT2D eigenvalue weighted by Gasteiger charge is 2.40. The van der Waals surface area contributed by atoms with Gasteiger partial charge in [0.2, 0.25) is 5.91 Å². The number of thiophene rings is 1. The summed E-state index contributed by atoms with van der Waals surface area (Å²) in [6.07, 6.45) is 2.09. The number of nitrogens with one attached hydrogen (secondary N) is 2. The molecule has 1 aliphatic heterocycles. The second-order valence-corrected chi connectivity index (χ2v) is 8.97. The maximum absolute atomic E-state index is 12.7. The van der Waals surface area contributed by atoms with Gasteiger partial charge in [-0.2, -0.15) is 0 Å². The van der Waals surface area contributed by atoms with Gasteiger partial charge >= 0.3 is 0 Å². The molecule has 1 saturated heterocycles. The quantitative estimate of drug-likeness (QED) is 0.516. The molecule has 2 atom stereocenters. The van der Waals surface area contributed by atoms with E-state index in [0.717, 1.165) is 5.69 Å². The molecule has 4 rings (SSSR count). The van der Waals surface area contributed by atoms with Crippen LogP contribution in [0.2, 0.25) is 0 Å². The van der Waals surface area contributed by atoms with Crippen LogP contribution in [0.15, 0.2) is 60.8 Å². The first-order valence-corrected chi connectivity index (χ1v) is 11.3. The molecule has 3 aromatic rings. The van der Waals surface area contributed by atoms with E-state index in [1.807, 2.05) is 42.5 Å². The first kappa shape index (κ1) is 21.3. The number of anilines is 1. The van der Waals surface area contributed by atoms with Crippen LogP contribution in [0.5, 0.6) is 5.75 Å². The Morgan fingerprint density at radius 1 is 1.23 bits per heavy atom. The van der Waals surface area contributed by atoms with E-state index in [2.05, 4.69) is 39.6 Å². The van der Waals surface area contributed by atoms with E-state index in [1.54, 1.807) is 24.6 Å². The lowest BCUT2D eigenvalue weighted by Gasteiger charge is -2.26. The zero-order valence-electron chi connectivity index (χ0n) is 17.4. The van der Waals surface area contributed by atoms with Gasteiger partial charge in [-0.15, -0.1) is 11.3 Å². The number of rotatable bonds is 7. The molecule has 31 heavy (non-hydrogen) atoms. The van der Waals surface area contributed by atoms with Crippen molar-refractivity contribution in [2.45, 2.75) is 25.4 Å². The number of carbonyl (C=O) groups excluding carboxylic acids is 1. The number of nitrogens with zero attached hydrogens (tertiary/aromatic N) is 2. The third-order valence-electron chi connectivity index (χ3n) is 5.21. The van der Waals surface area contributed by atoms with Crippen molar-refractivity contribution in [3.8, 4) is 5.75 Å². The molecule has 2 N–H and O–H groups in total. The highest BCUT2D eigenvalue weighted by molar-refractivity contribution is 7.80. The number of aromatic nitrogens is 1. The molecule has 0 saturated carbocycles. The molecule has 0 radical (unpaired) electrons. The van der Waals surface area contributed by atoms with Crippen LogP contribution in [0, 0.1) is 6.92 Å². The Kier molecular flexibility index (Phi) is 6.48. The number of thiocarbonyl (C=S) groups is 1. The lowest BCUT2D eigenvalue weighted by molar-refractivity contribution is -0.116. The van der Waals surface area contributed by atoms with Crippen molar-refractivity contribution in [1.82, 2.24) is 15.2 Å². The summed E-state index contributed by atoms with van der Waals surface area (Å²) >= 11 is 7.41. The van der Waals surface area contributed by atoms with Gasteiger partial charge < -0.3 is 20.3 Å². The predicted molar refractivity (Wildman–Crippen MR) is 127 cm³/mol. The number of aryl methyl sites for hydroxylation is 1. The first-order valence-electron chi connectivity index (χ1n) is 10.0. The van der Waals surface area contributed by atoms with Crippen molar-refractivity contribution >= 4 is 40.3 Å². The summed E-state index contributed by atoms with van der Waals surface area (Å²) in [5.41, 5.74) is 1.59. The Morgan fingerprint density at radius 2 is 2.03 bits per heavy atom. The number of methoxy groups -OCH3 is 1. The largest absolute Gasteiger partial charge is 0.495 e. The number of hydrogen-bond acceptors (Lipinski definition) is 5. The van der Waals surface area contributed by atoms with Crippen LogP contribution in [0.1, 0.15) is 34.0 Å². The van der Waals surface area contributed by atoms with Gasteiger partial charge in [0, 0.05) is 28.9 Å². The summed E-state index contributed by atoms with van der Waals surface area (Å²) in [5.74, 6) is 0.547. The van der Waals surface area contributed by atoms with Gasteiger partial charge in [-0.25, -0.2) is 0 Å². The lowest BCUT2D eigenvalue weighted by Crippen LogP contribution is -2.32.